The third kappa shape index (κ3) is 5.09. The molecule has 0 aliphatic carbocycles. The highest BCUT2D eigenvalue weighted by Gasteiger charge is 2.08. The number of thioether (sulfide) groups is 1. The van der Waals surface area contributed by atoms with Gasteiger partial charge in [-0.1, -0.05) is 29.6 Å². The van der Waals surface area contributed by atoms with Crippen molar-refractivity contribution in [2.24, 2.45) is 5.10 Å². The standard InChI is InChI=1S/C20H22N4O2S2/c1-3-24(4-2)15-10-9-14(17(25)11-15)12-21-23-19(26)13-27-20-22-16-7-5-6-8-18(16)28-20/h5-12,25H,3-4,13H2,1-2H3,(H,23,26)/b21-12+. The largest absolute Gasteiger partial charge is 0.872 e. The Morgan fingerprint density at radius 1 is 1.29 bits per heavy atom. The number of nitrogens with one attached hydrogen (secondary N) is 2. The maximum atomic E-state index is 12.2. The van der Waals surface area contributed by atoms with Crippen LogP contribution in [0.1, 0.15) is 19.4 Å². The average Bonchev–Trinajstić information content (AvgIpc) is 3.12. The highest BCUT2D eigenvalue weighted by molar-refractivity contribution is 8.01. The van der Waals surface area contributed by atoms with Gasteiger partial charge in [-0.15, -0.1) is 11.3 Å². The van der Waals surface area contributed by atoms with Gasteiger partial charge in [0.05, 0.1) is 35.3 Å². The molecule has 0 spiro atoms. The molecule has 1 aromatic heterocycles. The van der Waals surface area contributed by atoms with E-state index in [9.17, 15) is 9.90 Å². The van der Waals surface area contributed by atoms with Crippen LogP contribution in [-0.2, 0) is 4.79 Å². The number of carbonyl (C=O) groups is 1. The summed E-state index contributed by atoms with van der Waals surface area (Å²) in [6.07, 6.45) is 1.39. The molecule has 1 amide bonds. The Balaban J connectivity index is 1.53. The lowest BCUT2D eigenvalue weighted by molar-refractivity contribution is -0.828. The summed E-state index contributed by atoms with van der Waals surface area (Å²) in [5.74, 6) is -0.123. The van der Waals surface area contributed by atoms with Crippen molar-refractivity contribution in [2.75, 3.05) is 18.8 Å². The quantitative estimate of drug-likeness (QED) is 0.336. The maximum absolute atomic E-state index is 12.2. The smallest absolute Gasteiger partial charge is 0.250 e. The van der Waals surface area contributed by atoms with Gasteiger partial charge in [-0.05, 0) is 49.7 Å². The molecule has 2 N–H and O–H groups in total. The third-order valence-electron chi connectivity index (χ3n) is 4.27. The molecule has 3 aromatic rings. The summed E-state index contributed by atoms with van der Waals surface area (Å²) in [5, 5.41) is 16.1. The van der Waals surface area contributed by atoms with E-state index in [1.807, 2.05) is 30.3 Å². The molecule has 0 bridgehead atoms. The lowest BCUT2D eigenvalue weighted by atomic mass is 10.2. The number of hydrogen-bond donors (Lipinski definition) is 2. The number of thiazole rings is 1. The first kappa shape index (κ1) is 20.3. The van der Waals surface area contributed by atoms with Crippen LogP contribution in [0.5, 0.6) is 5.75 Å². The lowest BCUT2D eigenvalue weighted by Gasteiger charge is -2.18. The van der Waals surface area contributed by atoms with Gasteiger partial charge in [-0.25, -0.2) is 10.4 Å². The predicted octanol–water partition coefficient (Wildman–Crippen LogP) is 2.17. The highest BCUT2D eigenvalue weighted by Crippen LogP contribution is 2.29. The molecular formula is C20H22N4O2S2. The number of fused-ring (bicyclic) bond motifs is 1. The van der Waals surface area contributed by atoms with E-state index in [1.165, 1.54) is 22.9 Å². The average molecular weight is 415 g/mol. The molecule has 146 valence electrons. The van der Waals surface area contributed by atoms with E-state index < -0.39 is 0 Å². The van der Waals surface area contributed by atoms with Crippen LogP contribution in [0.15, 0.2) is 51.9 Å². The molecule has 8 heteroatoms. The Hall–Kier alpha value is -2.42. The van der Waals surface area contributed by atoms with Gasteiger partial charge in [0.2, 0.25) is 0 Å². The van der Waals surface area contributed by atoms with Crippen LogP contribution in [0.2, 0.25) is 0 Å². The summed E-state index contributed by atoms with van der Waals surface area (Å²) in [5.41, 5.74) is 4.83. The molecule has 0 aliphatic rings. The lowest BCUT2D eigenvalue weighted by Crippen LogP contribution is -3.06. The van der Waals surface area contributed by atoms with Crippen molar-refractivity contribution in [2.45, 2.75) is 18.2 Å². The van der Waals surface area contributed by atoms with Gasteiger partial charge in [-0.3, -0.25) is 4.79 Å². The van der Waals surface area contributed by atoms with Gasteiger partial charge in [0.25, 0.3) is 5.91 Å². The van der Waals surface area contributed by atoms with Gasteiger partial charge < -0.3 is 10.0 Å². The fourth-order valence-electron chi connectivity index (χ4n) is 2.77. The molecule has 0 unspecified atom stereocenters. The number of rotatable bonds is 8. The molecule has 2 aromatic carbocycles. The van der Waals surface area contributed by atoms with Crippen LogP contribution in [0.3, 0.4) is 0 Å². The van der Waals surface area contributed by atoms with E-state index in [0.29, 0.717) is 5.56 Å². The van der Waals surface area contributed by atoms with Crippen molar-refractivity contribution in [3.8, 4) is 5.75 Å². The second-order valence-electron chi connectivity index (χ2n) is 6.09. The summed E-state index contributed by atoms with van der Waals surface area (Å²) in [7, 11) is 0. The fourth-order valence-corrected chi connectivity index (χ4v) is 4.63. The predicted molar refractivity (Wildman–Crippen MR) is 114 cm³/mol. The van der Waals surface area contributed by atoms with Crippen molar-refractivity contribution < 1.29 is 14.8 Å². The van der Waals surface area contributed by atoms with E-state index in [1.54, 1.807) is 23.5 Å². The molecular weight excluding hydrogens is 392 g/mol. The van der Waals surface area contributed by atoms with Gasteiger partial charge in [0, 0.05) is 0 Å². The van der Waals surface area contributed by atoms with E-state index in [0.717, 1.165) is 33.3 Å². The molecule has 28 heavy (non-hydrogen) atoms. The summed E-state index contributed by atoms with van der Waals surface area (Å²) in [4.78, 5) is 17.7. The Bertz CT molecular complexity index is 950. The Labute approximate surface area is 172 Å². The Morgan fingerprint density at radius 3 is 2.79 bits per heavy atom. The summed E-state index contributed by atoms with van der Waals surface area (Å²) in [6.45, 7) is 6.01. The second-order valence-corrected chi connectivity index (χ2v) is 8.35. The van der Waals surface area contributed by atoms with E-state index in [2.05, 4.69) is 29.4 Å². The summed E-state index contributed by atoms with van der Waals surface area (Å²) < 4.78 is 1.94. The van der Waals surface area contributed by atoms with Crippen molar-refractivity contribution in [1.29, 1.82) is 0 Å². The molecule has 3 rings (SSSR count). The van der Waals surface area contributed by atoms with Crippen molar-refractivity contribution in [3.05, 3.63) is 48.0 Å². The number of benzene rings is 2. The zero-order valence-corrected chi connectivity index (χ0v) is 17.4. The number of hydrazone groups is 1. The van der Waals surface area contributed by atoms with Crippen LogP contribution in [0, 0.1) is 0 Å². The van der Waals surface area contributed by atoms with Crippen LogP contribution < -0.4 is 15.4 Å². The monoisotopic (exact) mass is 414 g/mol. The maximum Gasteiger partial charge on any atom is 0.250 e. The van der Waals surface area contributed by atoms with E-state index in [-0.39, 0.29) is 17.4 Å². The van der Waals surface area contributed by atoms with Crippen LogP contribution in [0.4, 0.5) is 5.69 Å². The zero-order chi connectivity index (χ0) is 19.9. The third-order valence-corrected chi connectivity index (χ3v) is 6.45. The topological polar surface area (TPSA) is 81.8 Å². The number of hydrogen-bond acceptors (Lipinski definition) is 6. The Kier molecular flexibility index (Phi) is 7.02. The second kappa shape index (κ2) is 9.68. The molecule has 0 saturated carbocycles. The van der Waals surface area contributed by atoms with E-state index >= 15 is 0 Å². The van der Waals surface area contributed by atoms with E-state index in [4.69, 9.17) is 0 Å². The SMILES string of the molecule is CC[NH+](CC)c1ccc(/C=N/NC(=O)CSc2nc3ccccc3s2)c([O-])c1. The molecule has 6 nitrogen and oxygen atoms in total. The number of para-hydroxylation sites is 1. The summed E-state index contributed by atoms with van der Waals surface area (Å²) in [6, 6.07) is 13.2. The first-order chi connectivity index (χ1) is 13.6. The van der Waals surface area contributed by atoms with Gasteiger partial charge in [-0.2, -0.15) is 5.10 Å². The molecule has 0 saturated heterocycles. The molecule has 0 aliphatic heterocycles. The van der Waals surface area contributed by atoms with Crippen LogP contribution in [-0.4, -0.2) is 35.9 Å². The molecule has 1 heterocycles. The highest BCUT2D eigenvalue weighted by atomic mass is 32.2. The minimum atomic E-state index is -0.239. The van der Waals surface area contributed by atoms with Crippen LogP contribution in [0.25, 0.3) is 10.2 Å². The number of quaternary nitrogens is 1. The summed E-state index contributed by atoms with van der Waals surface area (Å²) >= 11 is 2.93. The van der Waals surface area contributed by atoms with Crippen molar-refractivity contribution >= 4 is 51.1 Å². The van der Waals surface area contributed by atoms with Gasteiger partial charge in [0.15, 0.2) is 4.34 Å². The molecule has 0 fully saturated rings. The normalized spacial score (nSPS) is 11.5. The van der Waals surface area contributed by atoms with Crippen molar-refractivity contribution in [3.63, 3.8) is 0 Å². The van der Waals surface area contributed by atoms with Crippen molar-refractivity contribution in [1.82, 2.24) is 10.4 Å². The Morgan fingerprint density at radius 2 is 2.07 bits per heavy atom. The first-order valence-corrected chi connectivity index (χ1v) is 10.9. The fraction of sp³-hybridized carbons (Fsp3) is 0.250. The van der Waals surface area contributed by atoms with Crippen LogP contribution >= 0.6 is 23.1 Å². The molecule has 0 atom stereocenters. The van der Waals surface area contributed by atoms with Gasteiger partial charge >= 0.3 is 0 Å². The number of carbonyl (C=O) groups excluding carboxylic acids is 1. The first-order valence-electron chi connectivity index (χ1n) is 9.07. The minimum absolute atomic E-state index is 0.0984. The number of nitrogens with zero attached hydrogens (tertiary/aromatic N) is 2. The number of aromatic nitrogens is 1. The minimum Gasteiger partial charge on any atom is -0.872 e. The zero-order valence-electron chi connectivity index (χ0n) is 15.8. The van der Waals surface area contributed by atoms with Gasteiger partial charge in [0.1, 0.15) is 5.69 Å². The molecule has 0 radical (unpaired) electrons. The number of amides is 1.